The number of rotatable bonds is 6. The zero-order valence-electron chi connectivity index (χ0n) is 12.8. The third-order valence-electron chi connectivity index (χ3n) is 4.13. The first kappa shape index (κ1) is 15.8. The summed E-state index contributed by atoms with van der Waals surface area (Å²) in [6.45, 7) is 4.71. The Labute approximate surface area is 126 Å². The molecule has 21 heavy (non-hydrogen) atoms. The van der Waals surface area contributed by atoms with Gasteiger partial charge >= 0.3 is 0 Å². The molecule has 0 saturated carbocycles. The van der Waals surface area contributed by atoms with Crippen molar-refractivity contribution in [2.45, 2.75) is 25.8 Å². The zero-order valence-corrected chi connectivity index (χ0v) is 12.8. The monoisotopic (exact) mass is 291 g/mol. The van der Waals surface area contributed by atoms with Crippen LogP contribution in [0.15, 0.2) is 24.3 Å². The summed E-state index contributed by atoms with van der Waals surface area (Å²) in [4.78, 5) is 14.4. The molecular weight excluding hydrogens is 266 g/mol. The number of amides is 1. The number of para-hydroxylation sites is 2. The maximum absolute atomic E-state index is 12.1. The lowest BCUT2D eigenvalue weighted by Gasteiger charge is -2.20. The number of hydrogen-bond donors (Lipinski definition) is 2. The number of methoxy groups -OCH3 is 1. The average Bonchev–Trinajstić information content (AvgIpc) is 2.86. The summed E-state index contributed by atoms with van der Waals surface area (Å²) in [6, 6.07) is 7.96. The highest BCUT2D eigenvalue weighted by Gasteiger charge is 2.27. The van der Waals surface area contributed by atoms with Gasteiger partial charge in [0.2, 0.25) is 5.91 Å². The van der Waals surface area contributed by atoms with Crippen LogP contribution in [0.25, 0.3) is 0 Å². The molecule has 5 nitrogen and oxygen atoms in total. The van der Waals surface area contributed by atoms with E-state index < -0.39 is 0 Å². The Morgan fingerprint density at radius 3 is 2.90 bits per heavy atom. The molecule has 1 aliphatic rings. The summed E-state index contributed by atoms with van der Waals surface area (Å²) in [5.41, 5.74) is 6.45. The lowest BCUT2D eigenvalue weighted by molar-refractivity contribution is -0.116. The molecular formula is C16H25N3O2. The number of nitrogens with two attached hydrogens (primary N) is 1. The van der Waals surface area contributed by atoms with Crippen LogP contribution in [-0.4, -0.2) is 43.6 Å². The third-order valence-corrected chi connectivity index (χ3v) is 4.13. The van der Waals surface area contributed by atoms with Gasteiger partial charge in [0, 0.05) is 25.6 Å². The van der Waals surface area contributed by atoms with Crippen molar-refractivity contribution in [3.8, 4) is 5.75 Å². The molecule has 0 spiro atoms. The molecule has 0 radical (unpaired) electrons. The molecule has 1 aromatic rings. The molecule has 2 unspecified atom stereocenters. The first-order chi connectivity index (χ1) is 10.1. The number of nitrogens with one attached hydrogen (secondary N) is 1. The van der Waals surface area contributed by atoms with Crippen molar-refractivity contribution < 1.29 is 9.53 Å². The summed E-state index contributed by atoms with van der Waals surface area (Å²) in [7, 11) is 1.60. The highest BCUT2D eigenvalue weighted by Crippen LogP contribution is 2.24. The molecule has 2 atom stereocenters. The lowest BCUT2D eigenvalue weighted by Crippen LogP contribution is -2.31. The molecule has 5 heteroatoms. The Morgan fingerprint density at radius 2 is 2.24 bits per heavy atom. The second-order valence-corrected chi connectivity index (χ2v) is 5.68. The second kappa shape index (κ2) is 7.43. The number of carbonyl (C=O) groups excluding carboxylic acids is 1. The summed E-state index contributed by atoms with van der Waals surface area (Å²) in [6.07, 6.45) is 1.62. The van der Waals surface area contributed by atoms with Gasteiger partial charge in [0.1, 0.15) is 5.75 Å². The fourth-order valence-electron chi connectivity index (χ4n) is 2.91. The molecule has 116 valence electrons. The van der Waals surface area contributed by atoms with E-state index in [0.717, 1.165) is 31.7 Å². The smallest absolute Gasteiger partial charge is 0.225 e. The van der Waals surface area contributed by atoms with Gasteiger partial charge in [0.05, 0.1) is 12.8 Å². The Hall–Kier alpha value is -1.59. The van der Waals surface area contributed by atoms with E-state index in [0.29, 0.717) is 24.1 Å². The molecule has 1 amide bonds. The molecule has 2 rings (SSSR count). The number of carbonyl (C=O) groups is 1. The zero-order chi connectivity index (χ0) is 15.2. The van der Waals surface area contributed by atoms with Crippen molar-refractivity contribution >= 4 is 11.6 Å². The van der Waals surface area contributed by atoms with Crippen molar-refractivity contribution in [3.05, 3.63) is 24.3 Å². The Bertz CT molecular complexity index is 478. The van der Waals surface area contributed by atoms with E-state index in [-0.39, 0.29) is 5.91 Å². The third kappa shape index (κ3) is 4.19. The largest absolute Gasteiger partial charge is 0.495 e. The molecule has 1 heterocycles. The Morgan fingerprint density at radius 1 is 1.48 bits per heavy atom. The van der Waals surface area contributed by atoms with Gasteiger partial charge in [-0.25, -0.2) is 0 Å². The number of likely N-dealkylation sites (tertiary alicyclic amines) is 1. The summed E-state index contributed by atoms with van der Waals surface area (Å²) in [5, 5.41) is 2.91. The number of anilines is 1. The predicted molar refractivity (Wildman–Crippen MR) is 84.4 cm³/mol. The molecule has 0 aliphatic carbocycles. The van der Waals surface area contributed by atoms with Crippen molar-refractivity contribution in [1.82, 2.24) is 4.90 Å². The number of ether oxygens (including phenoxy) is 1. The normalized spacial score (nSPS) is 22.2. The van der Waals surface area contributed by atoms with Crippen LogP contribution in [0.2, 0.25) is 0 Å². The van der Waals surface area contributed by atoms with Gasteiger partial charge < -0.3 is 15.8 Å². The van der Waals surface area contributed by atoms with Crippen LogP contribution >= 0.6 is 0 Å². The second-order valence-electron chi connectivity index (χ2n) is 5.68. The van der Waals surface area contributed by atoms with Crippen LogP contribution in [0.3, 0.4) is 0 Å². The maximum atomic E-state index is 12.1. The summed E-state index contributed by atoms with van der Waals surface area (Å²) >= 11 is 0. The minimum Gasteiger partial charge on any atom is -0.495 e. The van der Waals surface area contributed by atoms with Gasteiger partial charge in [0.15, 0.2) is 0 Å². The molecule has 3 N–H and O–H groups in total. The summed E-state index contributed by atoms with van der Waals surface area (Å²) < 4.78 is 5.23. The van der Waals surface area contributed by atoms with E-state index in [2.05, 4.69) is 17.1 Å². The molecule has 1 saturated heterocycles. The molecule has 1 aromatic carbocycles. The average molecular weight is 291 g/mol. The maximum Gasteiger partial charge on any atom is 0.225 e. The topological polar surface area (TPSA) is 67.6 Å². The van der Waals surface area contributed by atoms with Crippen LogP contribution in [0.1, 0.15) is 19.8 Å². The number of nitrogens with zero attached hydrogens (tertiary/aromatic N) is 1. The van der Waals surface area contributed by atoms with Crippen LogP contribution < -0.4 is 15.8 Å². The number of benzene rings is 1. The minimum atomic E-state index is 0.0166. The van der Waals surface area contributed by atoms with Crippen molar-refractivity contribution in [3.63, 3.8) is 0 Å². The van der Waals surface area contributed by atoms with E-state index in [1.807, 2.05) is 24.3 Å². The van der Waals surface area contributed by atoms with E-state index >= 15 is 0 Å². The van der Waals surface area contributed by atoms with Crippen LogP contribution in [0.4, 0.5) is 5.69 Å². The highest BCUT2D eigenvalue weighted by atomic mass is 16.5. The van der Waals surface area contributed by atoms with Gasteiger partial charge in [-0.1, -0.05) is 12.1 Å². The van der Waals surface area contributed by atoms with Gasteiger partial charge in [-0.15, -0.1) is 0 Å². The molecule has 0 aromatic heterocycles. The van der Waals surface area contributed by atoms with E-state index in [4.69, 9.17) is 10.5 Å². The predicted octanol–water partition coefficient (Wildman–Crippen LogP) is 1.69. The fourth-order valence-corrected chi connectivity index (χ4v) is 2.91. The van der Waals surface area contributed by atoms with Gasteiger partial charge in [-0.3, -0.25) is 9.69 Å². The van der Waals surface area contributed by atoms with Crippen molar-refractivity contribution in [2.24, 2.45) is 11.7 Å². The quantitative estimate of drug-likeness (QED) is 0.837. The first-order valence-electron chi connectivity index (χ1n) is 7.51. The van der Waals surface area contributed by atoms with E-state index in [1.54, 1.807) is 7.11 Å². The summed E-state index contributed by atoms with van der Waals surface area (Å²) in [5.74, 6) is 1.27. The SMILES string of the molecule is COc1ccccc1NC(=O)CCN1CC(CN)CC1C. The van der Waals surface area contributed by atoms with Crippen molar-refractivity contribution in [1.29, 1.82) is 0 Å². The van der Waals surface area contributed by atoms with E-state index in [1.165, 1.54) is 0 Å². The van der Waals surface area contributed by atoms with Crippen LogP contribution in [0, 0.1) is 5.92 Å². The van der Waals surface area contributed by atoms with Crippen molar-refractivity contribution in [2.75, 3.05) is 32.1 Å². The van der Waals surface area contributed by atoms with Gasteiger partial charge in [0.25, 0.3) is 0 Å². The fraction of sp³-hybridized carbons (Fsp3) is 0.562. The lowest BCUT2D eigenvalue weighted by atomic mass is 10.1. The molecule has 0 bridgehead atoms. The Kier molecular flexibility index (Phi) is 5.59. The van der Waals surface area contributed by atoms with Crippen LogP contribution in [-0.2, 0) is 4.79 Å². The standard InChI is InChI=1S/C16H25N3O2/c1-12-9-13(10-17)11-19(12)8-7-16(20)18-14-5-3-4-6-15(14)21-2/h3-6,12-13H,7-11,17H2,1-2H3,(H,18,20). The molecule has 1 fully saturated rings. The van der Waals surface area contributed by atoms with Crippen LogP contribution in [0.5, 0.6) is 5.75 Å². The minimum absolute atomic E-state index is 0.0166. The Balaban J connectivity index is 1.82. The highest BCUT2D eigenvalue weighted by molar-refractivity contribution is 5.92. The van der Waals surface area contributed by atoms with E-state index in [9.17, 15) is 4.79 Å². The first-order valence-corrected chi connectivity index (χ1v) is 7.51. The molecule has 1 aliphatic heterocycles. The van der Waals surface area contributed by atoms with Gasteiger partial charge in [-0.05, 0) is 37.9 Å². The van der Waals surface area contributed by atoms with Gasteiger partial charge in [-0.2, -0.15) is 0 Å². The number of hydrogen-bond acceptors (Lipinski definition) is 4.